The number of nitrogens with zero attached hydrogens (tertiary/aromatic N) is 1. The quantitative estimate of drug-likeness (QED) is 0.657. The average Bonchev–Trinajstić information content (AvgIpc) is 2.49. The standard InChI is InChI=1S/C8H10N2OS/c1-10-5-3-4-6-7(10)9-8(11-6)12-2/h3-5,8H,1-2H3/p+1. The first-order chi connectivity index (χ1) is 5.81. The van der Waals surface area contributed by atoms with E-state index in [0.29, 0.717) is 0 Å². The second-order valence-electron chi connectivity index (χ2n) is 2.66. The van der Waals surface area contributed by atoms with Crippen molar-refractivity contribution in [3.63, 3.8) is 0 Å². The van der Waals surface area contributed by atoms with Crippen LogP contribution in [0.3, 0.4) is 0 Å². The zero-order chi connectivity index (χ0) is 8.55. The second-order valence-corrected chi connectivity index (χ2v) is 3.56. The number of aromatic nitrogens is 1. The molecule has 1 aliphatic heterocycles. The third-order valence-electron chi connectivity index (χ3n) is 1.85. The third-order valence-corrected chi connectivity index (χ3v) is 2.49. The molecule has 0 bridgehead atoms. The van der Waals surface area contributed by atoms with E-state index in [1.54, 1.807) is 11.8 Å². The van der Waals surface area contributed by atoms with Gasteiger partial charge in [0.1, 0.15) is 0 Å². The number of rotatable bonds is 1. The van der Waals surface area contributed by atoms with E-state index < -0.39 is 0 Å². The highest BCUT2D eigenvalue weighted by Crippen LogP contribution is 2.30. The Bertz CT molecular complexity index is 303. The number of fused-ring (bicyclic) bond motifs is 1. The molecule has 0 saturated carbocycles. The Balaban J connectivity index is 2.35. The van der Waals surface area contributed by atoms with Gasteiger partial charge in [-0.2, -0.15) is 0 Å². The molecular weight excluding hydrogens is 172 g/mol. The van der Waals surface area contributed by atoms with Crippen LogP contribution in [0.25, 0.3) is 0 Å². The average molecular weight is 183 g/mol. The number of hydrogen-bond donors (Lipinski definition) is 1. The Morgan fingerprint density at radius 1 is 1.67 bits per heavy atom. The van der Waals surface area contributed by atoms with E-state index in [4.69, 9.17) is 4.74 Å². The molecule has 1 unspecified atom stereocenters. The van der Waals surface area contributed by atoms with Crippen LogP contribution < -0.4 is 14.6 Å². The molecule has 12 heavy (non-hydrogen) atoms. The van der Waals surface area contributed by atoms with Crippen molar-refractivity contribution in [2.24, 2.45) is 7.05 Å². The lowest BCUT2D eigenvalue weighted by Gasteiger charge is -2.00. The molecule has 4 heteroatoms. The molecule has 1 N–H and O–H groups in total. The molecular formula is C8H11N2OS+. The van der Waals surface area contributed by atoms with Crippen LogP contribution >= 0.6 is 11.8 Å². The number of anilines is 1. The maximum absolute atomic E-state index is 5.57. The Morgan fingerprint density at radius 2 is 2.50 bits per heavy atom. The minimum Gasteiger partial charge on any atom is -0.435 e. The van der Waals surface area contributed by atoms with Crippen molar-refractivity contribution in [3.8, 4) is 5.75 Å². The molecule has 0 aromatic carbocycles. The number of aryl methyl sites for hydroxylation is 1. The summed E-state index contributed by atoms with van der Waals surface area (Å²) >= 11 is 1.65. The zero-order valence-electron chi connectivity index (χ0n) is 7.07. The van der Waals surface area contributed by atoms with E-state index >= 15 is 0 Å². The molecule has 2 heterocycles. The lowest BCUT2D eigenvalue weighted by atomic mass is 10.4. The van der Waals surface area contributed by atoms with Crippen molar-refractivity contribution < 1.29 is 9.30 Å². The molecule has 0 radical (unpaired) electrons. The van der Waals surface area contributed by atoms with Crippen molar-refractivity contribution in [2.75, 3.05) is 11.6 Å². The Labute approximate surface area is 75.7 Å². The van der Waals surface area contributed by atoms with Crippen LogP contribution in [0.5, 0.6) is 5.75 Å². The summed E-state index contributed by atoms with van der Waals surface area (Å²) in [6.45, 7) is 0. The number of ether oxygens (including phenoxy) is 1. The second kappa shape index (κ2) is 2.86. The molecule has 1 aromatic rings. The summed E-state index contributed by atoms with van der Waals surface area (Å²) in [5, 5.41) is 3.26. The summed E-state index contributed by atoms with van der Waals surface area (Å²) < 4.78 is 7.59. The summed E-state index contributed by atoms with van der Waals surface area (Å²) in [6, 6.07) is 3.95. The van der Waals surface area contributed by atoms with E-state index in [0.717, 1.165) is 11.6 Å². The Kier molecular flexibility index (Phi) is 1.84. The minimum atomic E-state index is 0.0635. The van der Waals surface area contributed by atoms with Gasteiger partial charge in [0.2, 0.25) is 5.75 Å². The van der Waals surface area contributed by atoms with Gasteiger partial charge >= 0.3 is 5.82 Å². The van der Waals surface area contributed by atoms with Gasteiger partial charge in [-0.05, 0) is 18.4 Å². The van der Waals surface area contributed by atoms with Crippen molar-refractivity contribution in [2.45, 2.75) is 5.56 Å². The highest BCUT2D eigenvalue weighted by Gasteiger charge is 2.29. The molecule has 0 saturated heterocycles. The van der Waals surface area contributed by atoms with Gasteiger partial charge in [-0.25, -0.2) is 9.88 Å². The maximum atomic E-state index is 5.57. The molecule has 0 fully saturated rings. The van der Waals surface area contributed by atoms with Gasteiger partial charge in [0.05, 0.1) is 13.2 Å². The van der Waals surface area contributed by atoms with Crippen LogP contribution in [0.2, 0.25) is 0 Å². The van der Waals surface area contributed by atoms with Gasteiger partial charge in [-0.15, -0.1) is 0 Å². The van der Waals surface area contributed by atoms with E-state index in [1.807, 2.05) is 36.2 Å². The fourth-order valence-electron chi connectivity index (χ4n) is 1.22. The molecule has 0 aliphatic carbocycles. The molecule has 64 valence electrons. The minimum absolute atomic E-state index is 0.0635. The Morgan fingerprint density at radius 3 is 3.17 bits per heavy atom. The highest BCUT2D eigenvalue weighted by molar-refractivity contribution is 7.99. The van der Waals surface area contributed by atoms with E-state index in [-0.39, 0.29) is 5.56 Å². The van der Waals surface area contributed by atoms with Crippen molar-refractivity contribution in [1.82, 2.24) is 0 Å². The summed E-state index contributed by atoms with van der Waals surface area (Å²) in [4.78, 5) is 0. The van der Waals surface area contributed by atoms with E-state index in [2.05, 4.69) is 5.32 Å². The molecule has 1 aromatic heterocycles. The monoisotopic (exact) mass is 183 g/mol. The molecule has 0 spiro atoms. The predicted molar refractivity (Wildman–Crippen MR) is 49.2 cm³/mol. The van der Waals surface area contributed by atoms with Crippen LogP contribution in [-0.4, -0.2) is 11.8 Å². The topological polar surface area (TPSA) is 25.1 Å². The number of thioether (sulfide) groups is 1. The van der Waals surface area contributed by atoms with Crippen LogP contribution in [0.4, 0.5) is 5.82 Å². The smallest absolute Gasteiger partial charge is 0.321 e. The van der Waals surface area contributed by atoms with Gasteiger partial charge in [0.25, 0.3) is 5.56 Å². The van der Waals surface area contributed by atoms with Crippen LogP contribution in [0.15, 0.2) is 18.3 Å². The SMILES string of the molecule is CSC1Nc2c(ccc[n+]2C)O1. The van der Waals surface area contributed by atoms with Crippen LogP contribution in [0.1, 0.15) is 0 Å². The fourth-order valence-corrected chi connectivity index (χ4v) is 1.65. The van der Waals surface area contributed by atoms with Gasteiger partial charge in [-0.1, -0.05) is 11.8 Å². The lowest BCUT2D eigenvalue weighted by molar-refractivity contribution is -0.656. The first-order valence-electron chi connectivity index (χ1n) is 3.76. The van der Waals surface area contributed by atoms with E-state index in [9.17, 15) is 0 Å². The first kappa shape index (κ1) is 7.73. The van der Waals surface area contributed by atoms with Crippen molar-refractivity contribution >= 4 is 17.6 Å². The third kappa shape index (κ3) is 1.12. The fraction of sp³-hybridized carbons (Fsp3) is 0.375. The summed E-state index contributed by atoms with van der Waals surface area (Å²) in [5.74, 6) is 1.98. The predicted octanol–water partition coefficient (Wildman–Crippen LogP) is 0.962. The molecule has 3 nitrogen and oxygen atoms in total. The normalized spacial score (nSPS) is 19.7. The van der Waals surface area contributed by atoms with Gasteiger partial charge in [0, 0.05) is 0 Å². The maximum Gasteiger partial charge on any atom is 0.321 e. The zero-order valence-corrected chi connectivity index (χ0v) is 7.89. The van der Waals surface area contributed by atoms with Gasteiger partial charge in [-0.3, -0.25) is 0 Å². The van der Waals surface area contributed by atoms with Crippen LogP contribution in [0, 0.1) is 0 Å². The largest absolute Gasteiger partial charge is 0.435 e. The molecule has 2 rings (SSSR count). The van der Waals surface area contributed by atoms with E-state index in [1.165, 1.54) is 0 Å². The van der Waals surface area contributed by atoms with Crippen molar-refractivity contribution in [1.29, 1.82) is 0 Å². The summed E-state index contributed by atoms with van der Waals surface area (Å²) in [7, 11) is 2.00. The molecule has 1 aliphatic rings. The van der Waals surface area contributed by atoms with Crippen molar-refractivity contribution in [3.05, 3.63) is 18.3 Å². The summed E-state index contributed by atoms with van der Waals surface area (Å²) in [6.07, 6.45) is 4.02. The lowest BCUT2D eigenvalue weighted by Crippen LogP contribution is -2.31. The molecule has 0 amide bonds. The van der Waals surface area contributed by atoms with Crippen LogP contribution in [-0.2, 0) is 7.05 Å². The number of hydrogen-bond acceptors (Lipinski definition) is 3. The Hall–Kier alpha value is -0.900. The van der Waals surface area contributed by atoms with Gasteiger partial charge < -0.3 is 4.74 Å². The van der Waals surface area contributed by atoms with Gasteiger partial charge in [0.15, 0.2) is 0 Å². The molecule has 1 atom stereocenters. The number of pyridine rings is 1. The number of nitrogens with one attached hydrogen (secondary N) is 1. The first-order valence-corrected chi connectivity index (χ1v) is 5.04. The highest BCUT2D eigenvalue weighted by atomic mass is 32.2. The summed E-state index contributed by atoms with van der Waals surface area (Å²) in [5.41, 5.74) is 0.0635.